The zero-order valence-corrected chi connectivity index (χ0v) is 12.2. The van der Waals surface area contributed by atoms with Gasteiger partial charge in [-0.2, -0.15) is 5.26 Å². The number of phenolic OH excluding ortho intramolecular Hbond substituents is 1. The van der Waals surface area contributed by atoms with E-state index in [1.807, 2.05) is 6.07 Å². The Morgan fingerprint density at radius 2 is 2.14 bits per heavy atom. The fraction of sp³-hybridized carbons (Fsp3) is 0.333. The van der Waals surface area contributed by atoms with Crippen LogP contribution < -0.4 is 10.2 Å². The van der Waals surface area contributed by atoms with E-state index in [0.717, 1.165) is 5.69 Å². The number of carbonyl (C=O) groups is 1. The van der Waals surface area contributed by atoms with Gasteiger partial charge in [0.1, 0.15) is 17.4 Å². The summed E-state index contributed by atoms with van der Waals surface area (Å²) in [6.45, 7) is 1.01. The van der Waals surface area contributed by atoms with Crippen LogP contribution in [0.15, 0.2) is 36.0 Å². The number of phenols is 1. The molecule has 112 valence electrons. The molecule has 6 heteroatoms. The van der Waals surface area contributed by atoms with E-state index in [1.165, 1.54) is 18.3 Å². The summed E-state index contributed by atoms with van der Waals surface area (Å²) in [6.07, 6.45) is 2.15. The Labute approximate surface area is 124 Å². The Morgan fingerprint density at radius 3 is 2.71 bits per heavy atom. The Balaban J connectivity index is 2.67. The van der Waals surface area contributed by atoms with Gasteiger partial charge >= 0.3 is 0 Å². The average molecular weight is 289 g/mol. The number of benzene rings is 1. The predicted molar refractivity (Wildman–Crippen MR) is 79.7 cm³/mol. The summed E-state index contributed by atoms with van der Waals surface area (Å²) in [4.78, 5) is 13.5. The molecule has 6 nitrogen and oxygen atoms in total. The number of hydrogen-bond acceptors (Lipinski definition) is 5. The molecule has 0 saturated carbocycles. The van der Waals surface area contributed by atoms with Crippen molar-refractivity contribution in [3.63, 3.8) is 0 Å². The molecule has 2 N–H and O–H groups in total. The predicted octanol–water partition coefficient (Wildman–Crippen LogP) is 1.39. The van der Waals surface area contributed by atoms with Crippen molar-refractivity contribution < 1.29 is 14.6 Å². The van der Waals surface area contributed by atoms with Gasteiger partial charge < -0.3 is 20.1 Å². The molecule has 0 aliphatic heterocycles. The lowest BCUT2D eigenvalue weighted by Crippen LogP contribution is -2.27. The molecule has 0 fully saturated rings. The second-order valence-corrected chi connectivity index (χ2v) is 4.38. The molecule has 0 atom stereocenters. The molecule has 0 spiro atoms. The van der Waals surface area contributed by atoms with Crippen molar-refractivity contribution in [2.75, 3.05) is 32.2 Å². The number of nitrogens with one attached hydrogen (secondary N) is 1. The van der Waals surface area contributed by atoms with Crippen LogP contribution in [0.4, 0.5) is 5.69 Å². The Kier molecular flexibility index (Phi) is 6.78. The highest BCUT2D eigenvalue weighted by atomic mass is 16.5. The highest BCUT2D eigenvalue weighted by Gasteiger charge is 2.09. The maximum Gasteiger partial charge on any atom is 0.263 e. The van der Waals surface area contributed by atoms with E-state index in [1.54, 1.807) is 31.2 Å². The Hall–Kier alpha value is -2.52. The van der Waals surface area contributed by atoms with Gasteiger partial charge in [0.2, 0.25) is 0 Å². The number of rotatable bonds is 7. The van der Waals surface area contributed by atoms with Crippen molar-refractivity contribution in [1.29, 1.82) is 5.26 Å². The average Bonchev–Trinajstić information content (AvgIpc) is 2.49. The van der Waals surface area contributed by atoms with Crippen molar-refractivity contribution in [3.05, 3.63) is 36.0 Å². The second-order valence-electron chi connectivity index (χ2n) is 4.38. The van der Waals surface area contributed by atoms with Crippen molar-refractivity contribution >= 4 is 11.6 Å². The summed E-state index contributed by atoms with van der Waals surface area (Å²) in [6, 6.07) is 8.34. The van der Waals surface area contributed by atoms with E-state index in [2.05, 4.69) is 5.32 Å². The van der Waals surface area contributed by atoms with Gasteiger partial charge in [-0.1, -0.05) is 0 Å². The summed E-state index contributed by atoms with van der Waals surface area (Å²) in [5.41, 5.74) is 0.774. The summed E-state index contributed by atoms with van der Waals surface area (Å²) in [5.74, 6) is -0.258. The highest BCUT2D eigenvalue weighted by molar-refractivity contribution is 5.97. The zero-order valence-electron chi connectivity index (χ0n) is 12.2. The molecule has 1 aromatic carbocycles. The topological polar surface area (TPSA) is 85.6 Å². The van der Waals surface area contributed by atoms with Crippen molar-refractivity contribution in [1.82, 2.24) is 5.32 Å². The van der Waals surface area contributed by atoms with Crippen LogP contribution in [0.2, 0.25) is 0 Å². The number of hydrogen-bond donors (Lipinski definition) is 2. The third-order valence-corrected chi connectivity index (χ3v) is 2.76. The standard InChI is InChI=1S/C15H19N3O3/c1-18(13-4-6-14(19)7-5-13)11-12(10-16)15(20)17-8-3-9-21-2/h4-7,11,19H,3,8-9H2,1-2H3,(H,17,20)/b12-11-. The highest BCUT2D eigenvalue weighted by Crippen LogP contribution is 2.17. The first kappa shape index (κ1) is 16.5. The first-order valence-corrected chi connectivity index (χ1v) is 6.49. The summed E-state index contributed by atoms with van der Waals surface area (Å²) < 4.78 is 4.88. The molecule has 0 heterocycles. The first-order chi connectivity index (χ1) is 10.1. The fourth-order valence-corrected chi connectivity index (χ4v) is 1.61. The van der Waals surface area contributed by atoms with E-state index < -0.39 is 5.91 Å². The lowest BCUT2D eigenvalue weighted by Gasteiger charge is -2.15. The third-order valence-electron chi connectivity index (χ3n) is 2.76. The van der Waals surface area contributed by atoms with Crippen molar-refractivity contribution in [2.45, 2.75) is 6.42 Å². The number of ether oxygens (including phenoxy) is 1. The molecule has 1 amide bonds. The molecule has 0 bridgehead atoms. The normalized spacial score (nSPS) is 10.8. The van der Waals surface area contributed by atoms with Crippen LogP contribution in [-0.2, 0) is 9.53 Å². The molecule has 21 heavy (non-hydrogen) atoms. The van der Waals surface area contributed by atoms with Gasteiger partial charge in [0.05, 0.1) is 0 Å². The fourth-order valence-electron chi connectivity index (χ4n) is 1.61. The SMILES string of the molecule is COCCCNC(=O)/C(C#N)=C\N(C)c1ccc(O)cc1. The number of carbonyl (C=O) groups excluding carboxylic acids is 1. The summed E-state index contributed by atoms with van der Waals surface area (Å²) in [7, 11) is 3.32. The molecular formula is C15H19N3O3. The van der Waals surface area contributed by atoms with Gasteiger partial charge in [0.15, 0.2) is 0 Å². The van der Waals surface area contributed by atoms with Gasteiger partial charge in [0.25, 0.3) is 5.91 Å². The van der Waals surface area contributed by atoms with E-state index in [4.69, 9.17) is 10.00 Å². The molecule has 0 radical (unpaired) electrons. The maximum absolute atomic E-state index is 11.8. The minimum atomic E-state index is -0.417. The Morgan fingerprint density at radius 1 is 1.48 bits per heavy atom. The minimum Gasteiger partial charge on any atom is -0.508 e. The summed E-state index contributed by atoms with van der Waals surface area (Å²) >= 11 is 0. The number of nitriles is 1. The number of methoxy groups -OCH3 is 1. The quantitative estimate of drug-likeness (QED) is 0.450. The second kappa shape index (κ2) is 8.61. The molecule has 0 aromatic heterocycles. The lowest BCUT2D eigenvalue weighted by molar-refractivity contribution is -0.117. The van der Waals surface area contributed by atoms with E-state index in [-0.39, 0.29) is 11.3 Å². The molecule has 0 unspecified atom stereocenters. The Bertz CT molecular complexity index is 532. The molecular weight excluding hydrogens is 270 g/mol. The van der Waals surface area contributed by atoms with Gasteiger partial charge in [-0.25, -0.2) is 0 Å². The lowest BCUT2D eigenvalue weighted by atomic mass is 10.2. The molecule has 1 rings (SSSR count). The monoisotopic (exact) mass is 289 g/mol. The smallest absolute Gasteiger partial charge is 0.263 e. The molecule has 0 saturated heterocycles. The van der Waals surface area contributed by atoms with Crippen molar-refractivity contribution in [2.24, 2.45) is 0 Å². The van der Waals surface area contributed by atoms with Crippen LogP contribution in [0.3, 0.4) is 0 Å². The number of anilines is 1. The van der Waals surface area contributed by atoms with Crippen LogP contribution in [0.5, 0.6) is 5.75 Å². The van der Waals surface area contributed by atoms with Crippen LogP contribution in [0.25, 0.3) is 0 Å². The van der Waals surface area contributed by atoms with Crippen LogP contribution in [0, 0.1) is 11.3 Å². The van der Waals surface area contributed by atoms with E-state index in [9.17, 15) is 9.90 Å². The van der Waals surface area contributed by atoms with Crippen LogP contribution in [0.1, 0.15) is 6.42 Å². The van der Waals surface area contributed by atoms with E-state index >= 15 is 0 Å². The third kappa shape index (κ3) is 5.55. The number of nitrogens with zero attached hydrogens (tertiary/aromatic N) is 2. The van der Waals surface area contributed by atoms with Gasteiger partial charge in [-0.15, -0.1) is 0 Å². The van der Waals surface area contributed by atoms with Gasteiger partial charge in [0, 0.05) is 39.2 Å². The minimum absolute atomic E-state index is 0.0167. The number of amides is 1. The molecule has 0 aliphatic rings. The van der Waals surface area contributed by atoms with E-state index in [0.29, 0.717) is 19.6 Å². The maximum atomic E-state index is 11.8. The molecule has 0 aliphatic carbocycles. The van der Waals surface area contributed by atoms with Gasteiger partial charge in [-0.3, -0.25) is 4.79 Å². The zero-order chi connectivity index (χ0) is 15.7. The van der Waals surface area contributed by atoms with Crippen LogP contribution >= 0.6 is 0 Å². The van der Waals surface area contributed by atoms with Crippen molar-refractivity contribution in [3.8, 4) is 11.8 Å². The van der Waals surface area contributed by atoms with Gasteiger partial charge in [-0.05, 0) is 30.7 Å². The van der Waals surface area contributed by atoms with Crippen LogP contribution in [-0.4, -0.2) is 38.3 Å². The largest absolute Gasteiger partial charge is 0.508 e. The first-order valence-electron chi connectivity index (χ1n) is 6.49. The number of aromatic hydroxyl groups is 1. The summed E-state index contributed by atoms with van der Waals surface area (Å²) in [5, 5.41) is 21.0. The molecule has 1 aromatic rings.